The second kappa shape index (κ2) is 10.4. The van der Waals surface area contributed by atoms with E-state index in [1.807, 2.05) is 0 Å². The van der Waals surface area contributed by atoms with Crippen LogP contribution in [0.2, 0.25) is 0 Å². The molecule has 0 N–H and O–H groups in total. The van der Waals surface area contributed by atoms with Gasteiger partial charge in [0.15, 0.2) is 0 Å². The van der Waals surface area contributed by atoms with E-state index in [0.29, 0.717) is 33.0 Å². The smallest absolute Gasteiger partial charge is 0.307 e. The molecule has 0 radical (unpaired) electrons. The van der Waals surface area contributed by atoms with E-state index in [1.165, 1.54) is 7.11 Å². The highest BCUT2D eigenvalue weighted by Gasteiger charge is 1.98. The summed E-state index contributed by atoms with van der Waals surface area (Å²) in [5.74, 6) is -0.259. The number of carbonyl (C=O) groups is 1. The number of hydrogen-bond donors (Lipinski definition) is 0. The van der Waals surface area contributed by atoms with Crippen LogP contribution in [0, 0.1) is 0 Å². The third kappa shape index (κ3) is 9.44. The van der Waals surface area contributed by atoms with Crippen molar-refractivity contribution in [3.63, 3.8) is 0 Å². The first-order chi connectivity index (χ1) is 6.81. The topological polar surface area (TPSA) is 54.0 Å². The monoisotopic (exact) mass is 206 g/mol. The third-order valence-corrected chi connectivity index (χ3v) is 1.48. The molecule has 0 aliphatic rings. The first kappa shape index (κ1) is 13.4. The van der Waals surface area contributed by atoms with Gasteiger partial charge in [0.25, 0.3) is 0 Å². The molecule has 0 aliphatic heterocycles. The summed E-state index contributed by atoms with van der Waals surface area (Å²) in [6, 6.07) is 0. The summed E-state index contributed by atoms with van der Waals surface area (Å²) < 4.78 is 19.5. The number of ether oxygens (including phenoxy) is 4. The predicted octanol–water partition coefficient (Wildman–Crippen LogP) is 0.229. The van der Waals surface area contributed by atoms with Crippen LogP contribution in [0.25, 0.3) is 0 Å². The van der Waals surface area contributed by atoms with E-state index in [0.717, 1.165) is 0 Å². The van der Waals surface area contributed by atoms with Crippen molar-refractivity contribution < 1.29 is 23.7 Å². The van der Waals surface area contributed by atoms with Crippen LogP contribution in [-0.2, 0) is 23.7 Å². The van der Waals surface area contributed by atoms with Crippen LogP contribution in [0.4, 0.5) is 0 Å². The molecular formula is C9H18O5. The lowest BCUT2D eigenvalue weighted by Crippen LogP contribution is -2.11. The van der Waals surface area contributed by atoms with Crippen LogP contribution in [-0.4, -0.2) is 53.2 Å². The zero-order valence-corrected chi connectivity index (χ0v) is 8.78. The average Bonchev–Trinajstić information content (AvgIpc) is 2.21. The molecule has 0 aromatic carbocycles. The molecule has 0 aliphatic carbocycles. The first-order valence-electron chi connectivity index (χ1n) is 4.52. The maximum Gasteiger partial charge on any atom is 0.307 e. The zero-order valence-electron chi connectivity index (χ0n) is 8.78. The van der Waals surface area contributed by atoms with Gasteiger partial charge in [-0.2, -0.15) is 0 Å². The van der Waals surface area contributed by atoms with Crippen LogP contribution >= 0.6 is 0 Å². The predicted molar refractivity (Wildman–Crippen MR) is 50.1 cm³/mol. The lowest BCUT2D eigenvalue weighted by atomic mass is 10.5. The minimum Gasteiger partial charge on any atom is -0.469 e. The number of esters is 1. The van der Waals surface area contributed by atoms with Gasteiger partial charge in [-0.15, -0.1) is 0 Å². The SMILES string of the molecule is COCCOCCOCCC(=O)OC. The first-order valence-corrected chi connectivity index (χ1v) is 4.52. The Bertz CT molecular complexity index is 137. The molecule has 0 heterocycles. The largest absolute Gasteiger partial charge is 0.469 e. The zero-order chi connectivity index (χ0) is 10.6. The summed E-state index contributed by atoms with van der Waals surface area (Å²) in [7, 11) is 2.98. The third-order valence-electron chi connectivity index (χ3n) is 1.48. The highest BCUT2D eigenvalue weighted by atomic mass is 16.5. The standard InChI is InChI=1S/C9H18O5/c1-11-5-6-14-8-7-13-4-3-9(10)12-2/h3-8H2,1-2H3. The molecule has 0 atom stereocenters. The van der Waals surface area contributed by atoms with Crippen LogP contribution in [0.5, 0.6) is 0 Å². The van der Waals surface area contributed by atoms with Crippen LogP contribution in [0.15, 0.2) is 0 Å². The summed E-state index contributed by atoms with van der Waals surface area (Å²) >= 11 is 0. The van der Waals surface area contributed by atoms with E-state index < -0.39 is 0 Å². The molecule has 0 amide bonds. The van der Waals surface area contributed by atoms with Crippen molar-refractivity contribution in [2.45, 2.75) is 6.42 Å². The van der Waals surface area contributed by atoms with E-state index in [1.54, 1.807) is 7.11 Å². The molecule has 0 aromatic rings. The van der Waals surface area contributed by atoms with Gasteiger partial charge in [-0.1, -0.05) is 0 Å². The summed E-state index contributed by atoms with van der Waals surface area (Å²) in [6.07, 6.45) is 0.286. The maximum absolute atomic E-state index is 10.6. The summed E-state index contributed by atoms with van der Waals surface area (Å²) in [5.41, 5.74) is 0. The number of rotatable bonds is 9. The highest BCUT2D eigenvalue weighted by Crippen LogP contribution is 1.86. The van der Waals surface area contributed by atoms with E-state index >= 15 is 0 Å². The highest BCUT2D eigenvalue weighted by molar-refractivity contribution is 5.69. The Labute approximate surface area is 84.3 Å². The van der Waals surface area contributed by atoms with Gasteiger partial charge >= 0.3 is 5.97 Å². The molecule has 0 aromatic heterocycles. The Morgan fingerprint density at radius 3 is 2.07 bits per heavy atom. The molecule has 0 fully saturated rings. The lowest BCUT2D eigenvalue weighted by Gasteiger charge is -2.04. The molecule has 0 saturated heterocycles. The van der Waals surface area contributed by atoms with Gasteiger partial charge in [0.05, 0.1) is 46.6 Å². The van der Waals surface area contributed by atoms with Crippen molar-refractivity contribution in [2.75, 3.05) is 47.3 Å². The maximum atomic E-state index is 10.6. The molecule has 5 heteroatoms. The van der Waals surface area contributed by atoms with Crippen molar-refractivity contribution in [2.24, 2.45) is 0 Å². The molecule has 0 spiro atoms. The van der Waals surface area contributed by atoms with Gasteiger partial charge in [-0.3, -0.25) is 4.79 Å². The fourth-order valence-corrected chi connectivity index (χ4v) is 0.722. The molecule has 14 heavy (non-hydrogen) atoms. The molecule has 84 valence electrons. The Kier molecular flexibility index (Phi) is 9.95. The van der Waals surface area contributed by atoms with E-state index in [-0.39, 0.29) is 12.4 Å². The van der Waals surface area contributed by atoms with Gasteiger partial charge in [0.1, 0.15) is 0 Å². The fourth-order valence-electron chi connectivity index (χ4n) is 0.722. The van der Waals surface area contributed by atoms with E-state index in [4.69, 9.17) is 14.2 Å². The van der Waals surface area contributed by atoms with Gasteiger partial charge in [0.2, 0.25) is 0 Å². The van der Waals surface area contributed by atoms with Crippen molar-refractivity contribution >= 4 is 5.97 Å². The number of hydrogen-bond acceptors (Lipinski definition) is 5. The molecule has 0 saturated carbocycles. The summed E-state index contributed by atoms with van der Waals surface area (Å²) in [4.78, 5) is 10.6. The quantitative estimate of drug-likeness (QED) is 0.399. The number of carbonyl (C=O) groups excluding carboxylic acids is 1. The second-order valence-corrected chi connectivity index (χ2v) is 2.54. The van der Waals surface area contributed by atoms with Crippen molar-refractivity contribution in [1.29, 1.82) is 0 Å². The van der Waals surface area contributed by atoms with Crippen molar-refractivity contribution in [3.8, 4) is 0 Å². The minimum atomic E-state index is -0.259. The number of methoxy groups -OCH3 is 2. The van der Waals surface area contributed by atoms with Crippen LogP contribution in [0.1, 0.15) is 6.42 Å². The minimum absolute atomic E-state index is 0.259. The van der Waals surface area contributed by atoms with Crippen molar-refractivity contribution in [3.05, 3.63) is 0 Å². The molecular weight excluding hydrogens is 188 g/mol. The molecule has 5 nitrogen and oxygen atoms in total. The van der Waals surface area contributed by atoms with Crippen LogP contribution in [0.3, 0.4) is 0 Å². The van der Waals surface area contributed by atoms with E-state index in [9.17, 15) is 4.79 Å². The second-order valence-electron chi connectivity index (χ2n) is 2.54. The van der Waals surface area contributed by atoms with Gasteiger partial charge < -0.3 is 18.9 Å². The molecule has 0 rings (SSSR count). The fraction of sp³-hybridized carbons (Fsp3) is 0.889. The Balaban J connectivity index is 2.95. The molecule has 0 unspecified atom stereocenters. The van der Waals surface area contributed by atoms with Gasteiger partial charge in [0, 0.05) is 7.11 Å². The van der Waals surface area contributed by atoms with E-state index in [2.05, 4.69) is 4.74 Å². The Morgan fingerprint density at radius 1 is 0.929 bits per heavy atom. The van der Waals surface area contributed by atoms with Gasteiger partial charge in [-0.05, 0) is 0 Å². The average molecular weight is 206 g/mol. The molecule has 0 bridgehead atoms. The van der Waals surface area contributed by atoms with Gasteiger partial charge in [-0.25, -0.2) is 0 Å². The lowest BCUT2D eigenvalue weighted by molar-refractivity contribution is -0.141. The summed E-state index contributed by atoms with van der Waals surface area (Å²) in [6.45, 7) is 2.53. The Morgan fingerprint density at radius 2 is 1.50 bits per heavy atom. The normalized spacial score (nSPS) is 10.1. The summed E-state index contributed by atoms with van der Waals surface area (Å²) in [5, 5.41) is 0. The van der Waals surface area contributed by atoms with Crippen molar-refractivity contribution in [1.82, 2.24) is 0 Å². The Hall–Kier alpha value is -0.650. The van der Waals surface area contributed by atoms with Crippen LogP contribution < -0.4 is 0 Å².